The molecular weight excluding hydrogens is 233 g/mol. The van der Waals surface area contributed by atoms with Crippen LogP contribution in [0, 0.1) is 0 Å². The number of halogens is 3. The second kappa shape index (κ2) is 6.24. The molecule has 0 amide bonds. The zero-order valence-electron chi connectivity index (χ0n) is 8.88. The van der Waals surface area contributed by atoms with Gasteiger partial charge in [-0.3, -0.25) is 4.98 Å². The standard InChI is InChI=1S/C8H10BF3NO.K/c1-6(2)14-8-3-7(4-13-5-8)9(10,11)12;/h3-6H,1-2H3;/q-1;+1. The molecule has 0 bridgehead atoms. The number of hydrogen-bond donors (Lipinski definition) is 0. The van der Waals surface area contributed by atoms with Crippen LogP contribution in [0.4, 0.5) is 12.9 Å². The molecule has 7 heteroatoms. The molecule has 78 valence electrons. The fourth-order valence-corrected chi connectivity index (χ4v) is 0.951. The first-order valence-electron chi connectivity index (χ1n) is 4.21. The molecule has 0 aliphatic carbocycles. The second-order valence-electron chi connectivity index (χ2n) is 3.20. The van der Waals surface area contributed by atoms with Gasteiger partial charge in [-0.2, -0.15) is 0 Å². The summed E-state index contributed by atoms with van der Waals surface area (Å²) in [4.78, 5) is 3.47. The van der Waals surface area contributed by atoms with E-state index in [1.165, 1.54) is 6.20 Å². The van der Waals surface area contributed by atoms with E-state index in [9.17, 15) is 12.9 Å². The number of pyridine rings is 1. The van der Waals surface area contributed by atoms with Crippen LogP contribution in [0.2, 0.25) is 0 Å². The Morgan fingerprint density at radius 2 is 1.87 bits per heavy atom. The van der Waals surface area contributed by atoms with Crippen LogP contribution in [0.3, 0.4) is 0 Å². The van der Waals surface area contributed by atoms with Crippen molar-refractivity contribution >= 4 is 12.4 Å². The average molecular weight is 243 g/mol. The Hall–Kier alpha value is 0.441. The van der Waals surface area contributed by atoms with Crippen LogP contribution in [0.25, 0.3) is 0 Å². The molecule has 0 aliphatic heterocycles. The number of aromatic nitrogens is 1. The SMILES string of the molecule is CC(C)Oc1cncc([B-](F)(F)F)c1.[K+]. The van der Waals surface area contributed by atoms with E-state index in [1.807, 2.05) is 0 Å². The van der Waals surface area contributed by atoms with Crippen molar-refractivity contribution in [2.24, 2.45) is 0 Å². The molecule has 0 saturated heterocycles. The van der Waals surface area contributed by atoms with Crippen molar-refractivity contribution in [1.29, 1.82) is 0 Å². The van der Waals surface area contributed by atoms with Gasteiger partial charge in [0.2, 0.25) is 0 Å². The second-order valence-corrected chi connectivity index (χ2v) is 3.20. The Kier molecular flexibility index (Phi) is 6.43. The van der Waals surface area contributed by atoms with E-state index in [0.717, 1.165) is 12.3 Å². The Labute approximate surface area is 129 Å². The molecule has 1 rings (SSSR count). The van der Waals surface area contributed by atoms with Gasteiger partial charge in [0.1, 0.15) is 5.75 Å². The zero-order chi connectivity index (χ0) is 10.8. The van der Waals surface area contributed by atoms with Crippen LogP contribution in [0.1, 0.15) is 13.8 Å². The van der Waals surface area contributed by atoms with Crippen LogP contribution in [0.15, 0.2) is 18.5 Å². The van der Waals surface area contributed by atoms with Crippen molar-refractivity contribution in [1.82, 2.24) is 4.98 Å². The summed E-state index contributed by atoms with van der Waals surface area (Å²) in [7, 11) is 0. The molecule has 0 spiro atoms. The summed E-state index contributed by atoms with van der Waals surface area (Å²) < 4.78 is 41.9. The van der Waals surface area contributed by atoms with Gasteiger partial charge in [0, 0.05) is 6.20 Å². The van der Waals surface area contributed by atoms with E-state index >= 15 is 0 Å². The molecule has 1 aromatic rings. The third-order valence-corrected chi connectivity index (χ3v) is 1.48. The van der Waals surface area contributed by atoms with Crippen LogP contribution in [-0.4, -0.2) is 18.1 Å². The molecule has 1 aromatic heterocycles. The monoisotopic (exact) mass is 243 g/mol. The maximum absolute atomic E-state index is 12.3. The number of ether oxygens (including phenoxy) is 1. The minimum Gasteiger partial charge on any atom is -0.490 e. The zero-order valence-corrected chi connectivity index (χ0v) is 12.0. The fourth-order valence-electron chi connectivity index (χ4n) is 0.951. The Balaban J connectivity index is 0.00000196. The van der Waals surface area contributed by atoms with Gasteiger partial charge in [0.05, 0.1) is 12.3 Å². The number of hydrogen-bond acceptors (Lipinski definition) is 2. The van der Waals surface area contributed by atoms with Gasteiger partial charge < -0.3 is 17.7 Å². The molecule has 2 nitrogen and oxygen atoms in total. The molecule has 0 aliphatic rings. The van der Waals surface area contributed by atoms with Crippen molar-refractivity contribution in [3.05, 3.63) is 18.5 Å². The van der Waals surface area contributed by atoms with Crippen LogP contribution in [0.5, 0.6) is 5.75 Å². The summed E-state index contributed by atoms with van der Waals surface area (Å²) in [5.74, 6) is 0.150. The van der Waals surface area contributed by atoms with Crippen molar-refractivity contribution in [2.75, 3.05) is 0 Å². The number of nitrogens with zero attached hydrogens (tertiary/aromatic N) is 1. The van der Waals surface area contributed by atoms with E-state index in [2.05, 4.69) is 4.98 Å². The summed E-state index contributed by atoms with van der Waals surface area (Å²) in [5, 5.41) is 0. The Morgan fingerprint density at radius 3 is 2.33 bits per heavy atom. The first-order chi connectivity index (χ1) is 6.39. The van der Waals surface area contributed by atoms with E-state index in [-0.39, 0.29) is 63.2 Å². The predicted octanol–water partition coefficient (Wildman–Crippen LogP) is -1.07. The third kappa shape index (κ3) is 5.35. The van der Waals surface area contributed by atoms with Crippen LogP contribution in [-0.2, 0) is 0 Å². The molecular formula is C8H10BF3KNO. The molecule has 0 N–H and O–H groups in total. The normalized spacial score (nSPS) is 11.1. The van der Waals surface area contributed by atoms with Crippen LogP contribution < -0.4 is 61.6 Å². The van der Waals surface area contributed by atoms with Gasteiger partial charge in [-0.05, 0) is 19.9 Å². The van der Waals surface area contributed by atoms with Crippen LogP contribution >= 0.6 is 0 Å². The van der Waals surface area contributed by atoms with Crippen molar-refractivity contribution in [3.63, 3.8) is 0 Å². The molecule has 0 saturated carbocycles. The quantitative estimate of drug-likeness (QED) is 0.630. The molecule has 0 radical (unpaired) electrons. The third-order valence-electron chi connectivity index (χ3n) is 1.48. The van der Waals surface area contributed by atoms with Gasteiger partial charge in [-0.25, -0.2) is 0 Å². The van der Waals surface area contributed by atoms with E-state index in [0.29, 0.717) is 0 Å². The van der Waals surface area contributed by atoms with E-state index < -0.39 is 12.4 Å². The van der Waals surface area contributed by atoms with E-state index in [4.69, 9.17) is 4.74 Å². The maximum atomic E-state index is 12.3. The summed E-state index contributed by atoms with van der Waals surface area (Å²) >= 11 is 0. The minimum atomic E-state index is -5.00. The molecule has 1 heterocycles. The average Bonchev–Trinajstić information content (AvgIpc) is 2.01. The summed E-state index contributed by atoms with van der Waals surface area (Å²) in [6.45, 7) is -1.51. The predicted molar refractivity (Wildman–Crippen MR) is 48.7 cm³/mol. The summed E-state index contributed by atoms with van der Waals surface area (Å²) in [6, 6.07) is 0.965. The van der Waals surface area contributed by atoms with Gasteiger partial charge in [0.25, 0.3) is 0 Å². The molecule has 0 atom stereocenters. The largest absolute Gasteiger partial charge is 1.00 e. The molecule has 15 heavy (non-hydrogen) atoms. The van der Waals surface area contributed by atoms with Crippen molar-refractivity contribution < 1.29 is 69.1 Å². The summed E-state index contributed by atoms with van der Waals surface area (Å²) in [6.07, 6.45) is 1.91. The first-order valence-corrected chi connectivity index (χ1v) is 4.21. The van der Waals surface area contributed by atoms with Gasteiger partial charge >= 0.3 is 58.4 Å². The molecule has 0 fully saturated rings. The maximum Gasteiger partial charge on any atom is 1.00 e. The number of rotatable bonds is 3. The topological polar surface area (TPSA) is 22.1 Å². The van der Waals surface area contributed by atoms with Gasteiger partial charge in [0.15, 0.2) is 0 Å². The summed E-state index contributed by atoms with van der Waals surface area (Å²) in [5.41, 5.74) is -0.733. The van der Waals surface area contributed by atoms with E-state index in [1.54, 1.807) is 13.8 Å². The molecule has 0 aromatic carbocycles. The Morgan fingerprint density at radius 1 is 1.27 bits per heavy atom. The minimum absolute atomic E-state index is 0. The van der Waals surface area contributed by atoms with Gasteiger partial charge in [-0.15, -0.1) is 0 Å². The fraction of sp³-hybridized carbons (Fsp3) is 0.375. The van der Waals surface area contributed by atoms with Gasteiger partial charge in [-0.1, -0.05) is 5.46 Å². The smallest absolute Gasteiger partial charge is 0.490 e. The first kappa shape index (κ1) is 15.4. The van der Waals surface area contributed by atoms with Crippen molar-refractivity contribution in [2.45, 2.75) is 20.0 Å². The Bertz CT molecular complexity index is 319. The van der Waals surface area contributed by atoms with Crippen molar-refractivity contribution in [3.8, 4) is 5.75 Å². The molecule has 0 unspecified atom stereocenters.